The van der Waals surface area contributed by atoms with Crippen molar-refractivity contribution in [2.45, 2.75) is 83.3 Å². The van der Waals surface area contributed by atoms with Gasteiger partial charge in [-0.05, 0) is 131 Å². The van der Waals surface area contributed by atoms with Crippen molar-refractivity contribution in [3.05, 3.63) is 111 Å². The van der Waals surface area contributed by atoms with Crippen LogP contribution in [0.3, 0.4) is 0 Å². The number of aromatic nitrogens is 1. The lowest BCUT2D eigenvalue weighted by Gasteiger charge is -2.39. The van der Waals surface area contributed by atoms with Crippen LogP contribution in [0.2, 0.25) is 5.02 Å². The summed E-state index contributed by atoms with van der Waals surface area (Å²) in [6, 6.07) is 22.0. The lowest BCUT2D eigenvalue weighted by molar-refractivity contribution is -0.384. The van der Waals surface area contributed by atoms with Gasteiger partial charge in [-0.2, -0.15) is 0 Å². The molecule has 8 rings (SSSR count). The molecule has 69 heavy (non-hydrogen) atoms. The van der Waals surface area contributed by atoms with E-state index in [9.17, 15) is 28.1 Å². The van der Waals surface area contributed by atoms with Gasteiger partial charge in [0, 0.05) is 74.7 Å². The Bertz CT molecular complexity index is 2890. The van der Waals surface area contributed by atoms with E-state index >= 15 is 0 Å². The molecule has 366 valence electrons. The number of carbonyl (C=O) groups is 2. The van der Waals surface area contributed by atoms with Gasteiger partial charge in [-0.1, -0.05) is 54.5 Å². The number of halogens is 1. The second-order valence-electron chi connectivity index (χ2n) is 19.7. The number of nitro groups is 1. The van der Waals surface area contributed by atoms with Crippen molar-refractivity contribution in [3.63, 3.8) is 0 Å². The van der Waals surface area contributed by atoms with Crippen LogP contribution in [0, 0.1) is 15.5 Å². The zero-order valence-electron chi connectivity index (χ0n) is 39.8. The van der Waals surface area contributed by atoms with Crippen molar-refractivity contribution >= 4 is 82.9 Å². The summed E-state index contributed by atoms with van der Waals surface area (Å²) >= 11 is 7.47. The maximum atomic E-state index is 14.2. The SMILES string of the molecule is CN(c1ccc(S(=O)(=O)NC(=O)c2ccc(N3CCN(CC4=C(c5ccc(Cl)cc5)CC(C)(C)CC4)CC3)cc2Oc2ccc3nc(NC(=O)OC(C)(C)C)sc3c2)cc1[N+](=O)[O-])C1CCNCC1. The summed E-state index contributed by atoms with van der Waals surface area (Å²) in [6.45, 7) is 15.3. The molecule has 2 fully saturated rings. The first kappa shape index (κ1) is 49.6. The number of nitro benzene ring substituents is 1. The van der Waals surface area contributed by atoms with Gasteiger partial charge in [-0.15, -0.1) is 0 Å². The van der Waals surface area contributed by atoms with E-state index in [1.807, 2.05) is 17.0 Å². The topological polar surface area (TPSA) is 189 Å². The molecule has 1 aliphatic carbocycles. The maximum absolute atomic E-state index is 14.2. The number of thiazole rings is 1. The summed E-state index contributed by atoms with van der Waals surface area (Å²) in [5.74, 6) is -0.562. The Labute approximate surface area is 412 Å². The molecule has 0 spiro atoms. The Kier molecular flexibility index (Phi) is 14.6. The van der Waals surface area contributed by atoms with Crippen LogP contribution < -0.4 is 29.9 Å². The van der Waals surface area contributed by atoms with Gasteiger partial charge >= 0.3 is 6.09 Å². The molecular weight excluding hydrogens is 940 g/mol. The first-order chi connectivity index (χ1) is 32.7. The minimum absolute atomic E-state index is 0.0334. The number of hydrogen-bond donors (Lipinski definition) is 3. The third kappa shape index (κ3) is 12.2. The van der Waals surface area contributed by atoms with Crippen molar-refractivity contribution in [1.82, 2.24) is 19.9 Å². The molecule has 2 amide bonds. The third-order valence-corrected chi connectivity index (χ3v) is 15.4. The van der Waals surface area contributed by atoms with Crippen LogP contribution in [-0.4, -0.2) is 99.7 Å². The van der Waals surface area contributed by atoms with E-state index < -0.39 is 37.4 Å². The normalized spacial score (nSPS) is 17.1. The predicted molar refractivity (Wildman–Crippen MR) is 273 cm³/mol. The summed E-state index contributed by atoms with van der Waals surface area (Å²) in [6.07, 6.45) is 4.05. The van der Waals surface area contributed by atoms with Crippen LogP contribution >= 0.6 is 22.9 Å². The summed E-state index contributed by atoms with van der Waals surface area (Å²) < 4.78 is 42.5. The van der Waals surface area contributed by atoms with E-state index in [1.165, 1.54) is 46.2 Å². The zero-order chi connectivity index (χ0) is 49.3. The Balaban J connectivity index is 1.04. The van der Waals surface area contributed by atoms with Gasteiger partial charge in [-0.3, -0.25) is 25.1 Å². The maximum Gasteiger partial charge on any atom is 0.413 e. The molecule has 3 aliphatic rings. The number of nitrogens with zero attached hydrogens (tertiary/aromatic N) is 5. The average Bonchev–Trinajstić information content (AvgIpc) is 3.70. The summed E-state index contributed by atoms with van der Waals surface area (Å²) in [5, 5.41) is 19.3. The largest absolute Gasteiger partial charge is 0.456 e. The van der Waals surface area contributed by atoms with Crippen LogP contribution in [-0.2, 0) is 14.8 Å². The number of allylic oxidation sites excluding steroid dienone is 1. The highest BCUT2D eigenvalue weighted by Crippen LogP contribution is 2.44. The number of carbonyl (C=O) groups excluding carboxylic acids is 2. The third-order valence-electron chi connectivity index (χ3n) is 12.9. The van der Waals surface area contributed by atoms with Crippen LogP contribution in [0.25, 0.3) is 15.8 Å². The number of piperidine rings is 1. The van der Waals surface area contributed by atoms with Crippen molar-refractivity contribution in [3.8, 4) is 11.5 Å². The molecule has 5 aromatic rings. The Morgan fingerprint density at radius 2 is 1.72 bits per heavy atom. The van der Waals surface area contributed by atoms with E-state index in [0.717, 1.165) is 76.6 Å². The standard InChI is InChI=1S/C50H59ClN8O8S2/c1-49(2,3)67-48(61)54-47-53-41-15-12-37(28-45(41)68-47)66-44-27-36(58-25-23-57(24-26-58)31-33-17-20-50(4,5)30-40(33)32-7-9-34(51)10-8-32)11-14-39(44)46(60)55-69(64,65)38-13-16-42(43(29-38)59(62)63)56(6)35-18-21-52-22-19-35/h7-16,27-29,35,52H,17-26,30-31H2,1-6H3,(H,55,60)(H,53,54,61). The minimum atomic E-state index is -4.61. The molecule has 19 heteroatoms. The monoisotopic (exact) mass is 998 g/mol. The van der Waals surface area contributed by atoms with E-state index in [0.29, 0.717) is 39.2 Å². The van der Waals surface area contributed by atoms with Crippen LogP contribution in [0.5, 0.6) is 11.5 Å². The fourth-order valence-corrected chi connectivity index (χ4v) is 11.2. The number of nitrogens with one attached hydrogen (secondary N) is 3. The summed E-state index contributed by atoms with van der Waals surface area (Å²) in [7, 11) is -2.85. The van der Waals surface area contributed by atoms with Crippen LogP contribution in [0.15, 0.2) is 89.3 Å². The molecule has 3 heterocycles. The molecule has 0 bridgehead atoms. The smallest absolute Gasteiger partial charge is 0.413 e. The Hall–Kier alpha value is -5.79. The molecule has 0 atom stereocenters. The number of benzene rings is 4. The summed E-state index contributed by atoms with van der Waals surface area (Å²) in [4.78, 5) is 48.9. The van der Waals surface area contributed by atoms with Crippen LogP contribution in [0.4, 0.5) is 27.0 Å². The number of ether oxygens (including phenoxy) is 2. The summed E-state index contributed by atoms with van der Waals surface area (Å²) in [5.41, 5.74) is 4.75. The van der Waals surface area contributed by atoms with Gasteiger partial charge in [0.1, 0.15) is 22.8 Å². The van der Waals surface area contributed by atoms with E-state index in [-0.39, 0.29) is 34.1 Å². The molecule has 0 unspecified atom stereocenters. The van der Waals surface area contributed by atoms with Gasteiger partial charge in [0.15, 0.2) is 5.13 Å². The van der Waals surface area contributed by atoms with E-state index in [4.69, 9.17) is 21.1 Å². The fourth-order valence-electron chi connectivity index (χ4n) is 9.16. The highest BCUT2D eigenvalue weighted by molar-refractivity contribution is 7.90. The number of amides is 2. The zero-order valence-corrected chi connectivity index (χ0v) is 42.2. The van der Waals surface area contributed by atoms with Crippen molar-refractivity contribution in [2.75, 3.05) is 68.0 Å². The molecular formula is C50H59ClN8O8S2. The number of hydrogen-bond acceptors (Lipinski definition) is 14. The molecule has 0 saturated carbocycles. The molecule has 16 nitrogen and oxygen atoms in total. The Morgan fingerprint density at radius 3 is 2.42 bits per heavy atom. The number of rotatable bonds is 13. The molecule has 2 aliphatic heterocycles. The van der Waals surface area contributed by atoms with Crippen molar-refractivity contribution < 1.29 is 32.4 Å². The van der Waals surface area contributed by atoms with Gasteiger partial charge in [-0.25, -0.2) is 22.9 Å². The second kappa shape index (κ2) is 20.3. The van der Waals surface area contributed by atoms with E-state index in [2.05, 4.69) is 56.1 Å². The molecule has 0 radical (unpaired) electrons. The molecule has 2 saturated heterocycles. The number of sulfonamides is 1. The molecule has 3 N–H and O–H groups in total. The van der Waals surface area contributed by atoms with Gasteiger partial charge in [0.2, 0.25) is 0 Å². The minimum Gasteiger partial charge on any atom is -0.456 e. The average molecular weight is 1000 g/mol. The van der Waals surface area contributed by atoms with Crippen LogP contribution in [0.1, 0.15) is 82.6 Å². The number of piperazine rings is 1. The lowest BCUT2D eigenvalue weighted by Crippen LogP contribution is -2.47. The number of anilines is 3. The Morgan fingerprint density at radius 1 is 1.00 bits per heavy atom. The molecule has 1 aromatic heterocycles. The number of fused-ring (bicyclic) bond motifs is 1. The quantitative estimate of drug-likeness (QED) is 0.0747. The first-order valence-electron chi connectivity index (χ1n) is 23.2. The lowest BCUT2D eigenvalue weighted by atomic mass is 9.72. The fraction of sp³-hybridized carbons (Fsp3) is 0.420. The predicted octanol–water partition coefficient (Wildman–Crippen LogP) is 10.1. The van der Waals surface area contributed by atoms with Crippen molar-refractivity contribution in [2.24, 2.45) is 5.41 Å². The first-order valence-corrected chi connectivity index (χ1v) is 25.8. The van der Waals surface area contributed by atoms with Gasteiger partial charge in [0.05, 0.1) is 25.6 Å². The highest BCUT2D eigenvalue weighted by Gasteiger charge is 2.32. The van der Waals surface area contributed by atoms with Gasteiger partial charge in [0.25, 0.3) is 21.6 Å². The van der Waals surface area contributed by atoms with Crippen molar-refractivity contribution in [1.29, 1.82) is 0 Å². The molecule has 4 aromatic carbocycles. The van der Waals surface area contributed by atoms with Gasteiger partial charge < -0.3 is 24.6 Å². The highest BCUT2D eigenvalue weighted by atomic mass is 35.5. The van der Waals surface area contributed by atoms with E-state index in [1.54, 1.807) is 58.2 Å². The second-order valence-corrected chi connectivity index (χ2v) is 22.8.